The Balaban J connectivity index is 2.45. The van der Waals surface area contributed by atoms with Gasteiger partial charge in [-0.25, -0.2) is 0 Å². The number of hydrogen-bond acceptors (Lipinski definition) is 2. The maximum Gasteiger partial charge on any atom is 0.122 e. The fourth-order valence-corrected chi connectivity index (χ4v) is 2.53. The van der Waals surface area contributed by atoms with E-state index in [9.17, 15) is 0 Å². The third kappa shape index (κ3) is 2.82. The first-order chi connectivity index (χ1) is 9.43. The number of aryl methyl sites for hydroxylation is 3. The summed E-state index contributed by atoms with van der Waals surface area (Å²) in [5.41, 5.74) is 11.9. The van der Waals surface area contributed by atoms with Crippen molar-refractivity contribution in [1.29, 1.82) is 0 Å². The van der Waals surface area contributed by atoms with Crippen molar-refractivity contribution in [2.24, 2.45) is 5.73 Å². The summed E-state index contributed by atoms with van der Waals surface area (Å²) in [4.78, 5) is 0. The molecule has 0 aromatic heterocycles. The first kappa shape index (κ1) is 14.9. The lowest BCUT2D eigenvalue weighted by molar-refractivity contribution is 0.411. The topological polar surface area (TPSA) is 35.2 Å². The van der Waals surface area contributed by atoms with Crippen LogP contribution in [-0.4, -0.2) is 7.11 Å². The number of rotatable bonds is 3. The highest BCUT2D eigenvalue weighted by atomic mass is 35.5. The Bertz CT molecular complexity index is 637. The summed E-state index contributed by atoms with van der Waals surface area (Å²) >= 11 is 6.07. The molecule has 0 fully saturated rings. The Morgan fingerprint density at radius 3 is 2.30 bits per heavy atom. The number of ether oxygens (including phenoxy) is 1. The molecule has 1 atom stereocenters. The van der Waals surface area contributed by atoms with Crippen molar-refractivity contribution < 1.29 is 4.74 Å². The minimum absolute atomic E-state index is 0.157. The molecule has 0 aliphatic rings. The Kier molecular flexibility index (Phi) is 4.36. The summed E-state index contributed by atoms with van der Waals surface area (Å²) in [5.74, 6) is 0.894. The third-order valence-corrected chi connectivity index (χ3v) is 4.08. The molecule has 0 radical (unpaired) electrons. The van der Waals surface area contributed by atoms with Gasteiger partial charge >= 0.3 is 0 Å². The van der Waals surface area contributed by atoms with Crippen molar-refractivity contribution in [2.45, 2.75) is 26.8 Å². The van der Waals surface area contributed by atoms with Crippen LogP contribution in [0.5, 0.6) is 5.75 Å². The van der Waals surface area contributed by atoms with Gasteiger partial charge in [-0.3, -0.25) is 0 Å². The van der Waals surface area contributed by atoms with Crippen LogP contribution in [0.4, 0.5) is 0 Å². The van der Waals surface area contributed by atoms with Gasteiger partial charge in [-0.1, -0.05) is 29.8 Å². The zero-order valence-electron chi connectivity index (χ0n) is 12.3. The normalized spacial score (nSPS) is 12.3. The maximum atomic E-state index is 6.41. The van der Waals surface area contributed by atoms with E-state index in [4.69, 9.17) is 22.1 Å². The fraction of sp³-hybridized carbons (Fsp3) is 0.294. The fourth-order valence-electron chi connectivity index (χ4n) is 2.41. The molecule has 2 rings (SSSR count). The van der Waals surface area contributed by atoms with E-state index in [1.165, 1.54) is 0 Å². The molecule has 3 heteroatoms. The number of nitrogens with two attached hydrogens (primary N) is 1. The second-order valence-electron chi connectivity index (χ2n) is 5.16. The molecule has 2 aromatic carbocycles. The van der Waals surface area contributed by atoms with Crippen molar-refractivity contribution in [3.05, 3.63) is 63.2 Å². The molecule has 2 aromatic rings. The zero-order chi connectivity index (χ0) is 14.9. The minimum Gasteiger partial charge on any atom is -0.496 e. The van der Waals surface area contributed by atoms with Crippen LogP contribution in [0, 0.1) is 20.8 Å². The van der Waals surface area contributed by atoms with E-state index in [2.05, 4.69) is 13.0 Å². The third-order valence-electron chi connectivity index (χ3n) is 3.66. The standard InChI is InChI=1S/C17H20ClNO/c1-10-9-16(20-4)12(3)8-14(10)17(19)13-5-6-15(18)11(2)7-13/h5-9,17H,19H2,1-4H3. The van der Waals surface area contributed by atoms with E-state index in [0.29, 0.717) is 0 Å². The Labute approximate surface area is 125 Å². The largest absolute Gasteiger partial charge is 0.496 e. The van der Waals surface area contributed by atoms with Crippen LogP contribution in [0.1, 0.15) is 33.9 Å². The quantitative estimate of drug-likeness (QED) is 0.913. The molecule has 0 saturated heterocycles. The van der Waals surface area contributed by atoms with Gasteiger partial charge in [0.05, 0.1) is 13.2 Å². The highest BCUT2D eigenvalue weighted by Crippen LogP contribution is 2.30. The highest BCUT2D eigenvalue weighted by molar-refractivity contribution is 6.31. The van der Waals surface area contributed by atoms with Crippen molar-refractivity contribution in [1.82, 2.24) is 0 Å². The van der Waals surface area contributed by atoms with Crippen LogP contribution in [0.25, 0.3) is 0 Å². The van der Waals surface area contributed by atoms with Gasteiger partial charge in [0.2, 0.25) is 0 Å². The number of benzene rings is 2. The Hall–Kier alpha value is -1.51. The van der Waals surface area contributed by atoms with Crippen LogP contribution in [0.2, 0.25) is 5.02 Å². The minimum atomic E-state index is -0.157. The van der Waals surface area contributed by atoms with Gasteiger partial charge in [0.1, 0.15) is 5.75 Å². The lowest BCUT2D eigenvalue weighted by Crippen LogP contribution is -2.14. The van der Waals surface area contributed by atoms with Gasteiger partial charge in [0, 0.05) is 5.02 Å². The summed E-state index contributed by atoms with van der Waals surface area (Å²) < 4.78 is 5.34. The molecule has 2 nitrogen and oxygen atoms in total. The molecule has 1 unspecified atom stereocenters. The summed E-state index contributed by atoms with van der Waals surface area (Å²) in [6, 6.07) is 9.91. The van der Waals surface area contributed by atoms with Crippen LogP contribution < -0.4 is 10.5 Å². The van der Waals surface area contributed by atoms with Crippen molar-refractivity contribution in [2.75, 3.05) is 7.11 Å². The molecular weight excluding hydrogens is 270 g/mol. The van der Waals surface area contributed by atoms with E-state index in [-0.39, 0.29) is 6.04 Å². The maximum absolute atomic E-state index is 6.41. The zero-order valence-corrected chi connectivity index (χ0v) is 13.1. The second-order valence-corrected chi connectivity index (χ2v) is 5.57. The molecule has 0 heterocycles. The molecule has 106 valence electrons. The number of halogens is 1. The van der Waals surface area contributed by atoms with E-state index in [0.717, 1.165) is 38.6 Å². The first-order valence-corrected chi connectivity index (χ1v) is 6.98. The van der Waals surface area contributed by atoms with Gasteiger partial charge < -0.3 is 10.5 Å². The number of methoxy groups -OCH3 is 1. The molecule has 0 aliphatic heterocycles. The smallest absolute Gasteiger partial charge is 0.122 e. The lowest BCUT2D eigenvalue weighted by atomic mass is 9.93. The molecule has 0 bridgehead atoms. The average Bonchev–Trinajstić information content (AvgIpc) is 2.43. The van der Waals surface area contributed by atoms with Crippen molar-refractivity contribution in [3.8, 4) is 5.75 Å². The van der Waals surface area contributed by atoms with Gasteiger partial charge in [-0.15, -0.1) is 0 Å². The first-order valence-electron chi connectivity index (χ1n) is 6.60. The van der Waals surface area contributed by atoms with Gasteiger partial charge in [-0.05, 0) is 60.7 Å². The lowest BCUT2D eigenvalue weighted by Gasteiger charge is -2.18. The van der Waals surface area contributed by atoms with Crippen LogP contribution in [0.15, 0.2) is 30.3 Å². The molecule has 0 aliphatic carbocycles. The molecule has 0 saturated carbocycles. The SMILES string of the molecule is COc1cc(C)c(C(N)c2ccc(Cl)c(C)c2)cc1C. The number of hydrogen-bond donors (Lipinski definition) is 1. The predicted molar refractivity (Wildman–Crippen MR) is 84.7 cm³/mol. The highest BCUT2D eigenvalue weighted by Gasteiger charge is 2.14. The molecule has 0 amide bonds. The molecule has 0 spiro atoms. The summed E-state index contributed by atoms with van der Waals surface area (Å²) in [7, 11) is 1.68. The van der Waals surface area contributed by atoms with Gasteiger partial charge in [0.15, 0.2) is 0 Å². The van der Waals surface area contributed by atoms with Crippen molar-refractivity contribution >= 4 is 11.6 Å². The molecule has 20 heavy (non-hydrogen) atoms. The van der Waals surface area contributed by atoms with Gasteiger partial charge in [-0.2, -0.15) is 0 Å². The summed E-state index contributed by atoms with van der Waals surface area (Å²) in [5, 5.41) is 0.767. The molecule has 2 N–H and O–H groups in total. The average molecular weight is 290 g/mol. The van der Waals surface area contributed by atoms with E-state index in [1.54, 1.807) is 7.11 Å². The predicted octanol–water partition coefficient (Wildman–Crippen LogP) is 4.32. The summed E-state index contributed by atoms with van der Waals surface area (Å²) in [6.07, 6.45) is 0. The van der Waals surface area contributed by atoms with Crippen LogP contribution >= 0.6 is 11.6 Å². The van der Waals surface area contributed by atoms with Crippen molar-refractivity contribution in [3.63, 3.8) is 0 Å². The van der Waals surface area contributed by atoms with E-state index >= 15 is 0 Å². The second kappa shape index (κ2) is 5.86. The molecular formula is C17H20ClNO. The monoisotopic (exact) mass is 289 g/mol. The summed E-state index contributed by atoms with van der Waals surface area (Å²) in [6.45, 7) is 6.08. The Morgan fingerprint density at radius 1 is 1.00 bits per heavy atom. The van der Waals surface area contributed by atoms with Gasteiger partial charge in [0.25, 0.3) is 0 Å². The van der Waals surface area contributed by atoms with E-state index in [1.807, 2.05) is 38.1 Å². The van der Waals surface area contributed by atoms with Crippen LogP contribution in [0.3, 0.4) is 0 Å². The Morgan fingerprint density at radius 2 is 1.70 bits per heavy atom. The van der Waals surface area contributed by atoms with E-state index < -0.39 is 0 Å². The van der Waals surface area contributed by atoms with Crippen LogP contribution in [-0.2, 0) is 0 Å².